The van der Waals surface area contributed by atoms with Crippen LogP contribution in [0.5, 0.6) is 5.75 Å². The normalized spacial score (nSPS) is 23.5. The van der Waals surface area contributed by atoms with Crippen LogP contribution in [0.2, 0.25) is 0 Å². The highest BCUT2D eigenvalue weighted by Gasteiger charge is 2.31. The van der Waals surface area contributed by atoms with E-state index < -0.39 is 12.4 Å². The number of carbonyl (C=O) groups excluding carboxylic acids is 1. The van der Waals surface area contributed by atoms with E-state index in [-0.39, 0.29) is 12.9 Å². The number of benzene rings is 1. The van der Waals surface area contributed by atoms with Crippen molar-refractivity contribution in [1.29, 1.82) is 0 Å². The van der Waals surface area contributed by atoms with Crippen LogP contribution in [0.4, 0.5) is 0 Å². The summed E-state index contributed by atoms with van der Waals surface area (Å²) >= 11 is 0. The second-order valence-electron chi connectivity index (χ2n) is 4.61. The van der Waals surface area contributed by atoms with Crippen LogP contribution in [0.1, 0.15) is 18.3 Å². The molecule has 1 aliphatic rings. The average molecular weight is 296 g/mol. The van der Waals surface area contributed by atoms with Crippen LogP contribution in [0.3, 0.4) is 0 Å². The highest BCUT2D eigenvalue weighted by atomic mass is 16.7. The first-order valence-corrected chi connectivity index (χ1v) is 6.75. The van der Waals surface area contributed by atoms with Crippen LogP contribution < -0.4 is 4.74 Å². The van der Waals surface area contributed by atoms with Gasteiger partial charge < -0.3 is 28.5 Å². The number of rotatable bonds is 7. The predicted octanol–water partition coefficient (Wildman–Crippen LogP) is 1.69. The molecule has 1 unspecified atom stereocenters. The van der Waals surface area contributed by atoms with Crippen molar-refractivity contribution in [1.82, 2.24) is 0 Å². The zero-order chi connectivity index (χ0) is 15.1. The van der Waals surface area contributed by atoms with Gasteiger partial charge in [-0.25, -0.2) is 0 Å². The van der Waals surface area contributed by atoms with Crippen LogP contribution in [0.25, 0.3) is 0 Å². The molecule has 1 saturated heterocycles. The number of hydrogen-bond acceptors (Lipinski definition) is 6. The van der Waals surface area contributed by atoms with Gasteiger partial charge in [-0.15, -0.1) is 0 Å². The fourth-order valence-corrected chi connectivity index (χ4v) is 2.12. The van der Waals surface area contributed by atoms with Gasteiger partial charge in [0.1, 0.15) is 18.6 Å². The van der Waals surface area contributed by atoms with Crippen molar-refractivity contribution in [3.05, 3.63) is 29.8 Å². The monoisotopic (exact) mass is 296 g/mol. The average Bonchev–Trinajstić information content (AvgIpc) is 2.56. The highest BCUT2D eigenvalue weighted by Crippen LogP contribution is 2.29. The molecule has 3 atom stereocenters. The Labute approximate surface area is 123 Å². The molecule has 6 heteroatoms. The Morgan fingerprint density at radius 2 is 2.10 bits per heavy atom. The van der Waals surface area contributed by atoms with Gasteiger partial charge in [0, 0.05) is 19.1 Å². The second-order valence-corrected chi connectivity index (χ2v) is 4.61. The minimum absolute atomic E-state index is 0.0529. The van der Waals surface area contributed by atoms with Crippen molar-refractivity contribution in [3.63, 3.8) is 0 Å². The Morgan fingerprint density at radius 1 is 1.33 bits per heavy atom. The maximum atomic E-state index is 11.1. The van der Waals surface area contributed by atoms with E-state index in [2.05, 4.69) is 0 Å². The largest absolute Gasteiger partial charge is 0.497 e. The molecule has 1 aromatic carbocycles. The summed E-state index contributed by atoms with van der Waals surface area (Å²) in [5, 5.41) is 0. The maximum Gasteiger partial charge on any atom is 0.184 e. The molecule has 1 aliphatic heterocycles. The number of ether oxygens (including phenoxy) is 5. The molecule has 116 valence electrons. The highest BCUT2D eigenvalue weighted by molar-refractivity contribution is 5.57. The molecule has 0 bridgehead atoms. The number of methoxy groups -OCH3 is 2. The van der Waals surface area contributed by atoms with Crippen molar-refractivity contribution < 1.29 is 28.5 Å². The predicted molar refractivity (Wildman–Crippen MR) is 74.0 cm³/mol. The fourth-order valence-electron chi connectivity index (χ4n) is 2.12. The molecule has 1 heterocycles. The zero-order valence-electron chi connectivity index (χ0n) is 12.2. The first-order valence-electron chi connectivity index (χ1n) is 6.75. The van der Waals surface area contributed by atoms with E-state index in [9.17, 15) is 4.79 Å². The van der Waals surface area contributed by atoms with Gasteiger partial charge in [0.2, 0.25) is 0 Å². The Kier molecular flexibility index (Phi) is 6.13. The standard InChI is InChI=1S/C15H20O6/c1-17-10-20-14(9-16)13-7-8-19-15(21-13)11-3-5-12(18-2)6-4-11/h3-6,9,13-15H,7-8,10H2,1-2H3/t13-,14-,15?/m0/s1. The number of carbonyl (C=O) groups is 1. The van der Waals surface area contributed by atoms with Gasteiger partial charge in [-0.05, 0) is 12.1 Å². The van der Waals surface area contributed by atoms with Gasteiger partial charge in [0.25, 0.3) is 0 Å². The molecule has 0 spiro atoms. The molecule has 2 rings (SSSR count). The molecule has 0 aliphatic carbocycles. The quantitative estimate of drug-likeness (QED) is 0.563. The lowest BCUT2D eigenvalue weighted by Crippen LogP contribution is -2.39. The topological polar surface area (TPSA) is 63.2 Å². The maximum absolute atomic E-state index is 11.1. The summed E-state index contributed by atoms with van der Waals surface area (Å²) < 4.78 is 26.7. The SMILES string of the molecule is COCO[C@@H](C=O)[C@@H]1CCOC(c2ccc(OC)cc2)O1. The van der Waals surface area contributed by atoms with E-state index in [0.29, 0.717) is 13.0 Å². The molecule has 0 aromatic heterocycles. The Bertz CT molecular complexity index is 432. The van der Waals surface area contributed by atoms with Crippen LogP contribution in [0.15, 0.2) is 24.3 Å². The first kappa shape index (κ1) is 15.9. The summed E-state index contributed by atoms with van der Waals surface area (Å²) in [7, 11) is 3.12. The third kappa shape index (κ3) is 4.25. The summed E-state index contributed by atoms with van der Waals surface area (Å²) in [6.07, 6.45) is -0.184. The molecule has 1 fully saturated rings. The minimum atomic E-state index is -0.658. The summed E-state index contributed by atoms with van der Waals surface area (Å²) in [6.45, 7) is 0.555. The minimum Gasteiger partial charge on any atom is -0.497 e. The molecular weight excluding hydrogens is 276 g/mol. The molecule has 0 amide bonds. The first-order chi connectivity index (χ1) is 10.3. The van der Waals surface area contributed by atoms with Crippen LogP contribution >= 0.6 is 0 Å². The smallest absolute Gasteiger partial charge is 0.184 e. The van der Waals surface area contributed by atoms with Crippen molar-refractivity contribution in [2.75, 3.05) is 27.6 Å². The Morgan fingerprint density at radius 3 is 2.71 bits per heavy atom. The molecule has 1 aromatic rings. The molecular formula is C15H20O6. The van der Waals surface area contributed by atoms with Crippen molar-refractivity contribution in [2.24, 2.45) is 0 Å². The van der Waals surface area contributed by atoms with Gasteiger partial charge in [-0.1, -0.05) is 12.1 Å². The van der Waals surface area contributed by atoms with Crippen LogP contribution in [-0.4, -0.2) is 46.1 Å². The summed E-state index contributed by atoms with van der Waals surface area (Å²) in [4.78, 5) is 11.1. The van der Waals surface area contributed by atoms with Gasteiger partial charge in [-0.2, -0.15) is 0 Å². The van der Waals surface area contributed by atoms with Gasteiger partial charge in [-0.3, -0.25) is 0 Å². The van der Waals surface area contributed by atoms with E-state index in [1.165, 1.54) is 7.11 Å². The second kappa shape index (κ2) is 8.09. The molecule has 6 nitrogen and oxygen atoms in total. The van der Waals surface area contributed by atoms with Crippen molar-refractivity contribution >= 4 is 6.29 Å². The zero-order valence-corrected chi connectivity index (χ0v) is 12.2. The number of hydrogen-bond donors (Lipinski definition) is 0. The molecule has 0 radical (unpaired) electrons. The van der Waals surface area contributed by atoms with Crippen LogP contribution in [-0.2, 0) is 23.7 Å². The lowest BCUT2D eigenvalue weighted by Gasteiger charge is -2.33. The summed E-state index contributed by atoms with van der Waals surface area (Å²) in [6, 6.07) is 7.42. The van der Waals surface area contributed by atoms with Crippen LogP contribution in [0, 0.1) is 0 Å². The van der Waals surface area contributed by atoms with Gasteiger partial charge >= 0.3 is 0 Å². The van der Waals surface area contributed by atoms with E-state index in [1.807, 2.05) is 24.3 Å². The Hall–Kier alpha value is -1.47. The van der Waals surface area contributed by atoms with E-state index in [1.54, 1.807) is 7.11 Å². The fraction of sp³-hybridized carbons (Fsp3) is 0.533. The molecule has 21 heavy (non-hydrogen) atoms. The van der Waals surface area contributed by atoms with E-state index in [0.717, 1.165) is 17.6 Å². The lowest BCUT2D eigenvalue weighted by atomic mass is 10.1. The summed E-state index contributed by atoms with van der Waals surface area (Å²) in [5.41, 5.74) is 0.872. The molecule has 0 saturated carbocycles. The van der Waals surface area contributed by atoms with Gasteiger partial charge in [0.05, 0.1) is 19.8 Å². The lowest BCUT2D eigenvalue weighted by molar-refractivity contribution is -0.244. The molecule has 0 N–H and O–H groups in total. The third-order valence-electron chi connectivity index (χ3n) is 3.24. The number of aldehydes is 1. The Balaban J connectivity index is 2.00. The van der Waals surface area contributed by atoms with Crippen molar-refractivity contribution in [3.8, 4) is 5.75 Å². The van der Waals surface area contributed by atoms with Gasteiger partial charge in [0.15, 0.2) is 12.6 Å². The summed E-state index contributed by atoms with van der Waals surface area (Å²) in [5.74, 6) is 0.764. The van der Waals surface area contributed by atoms with Crippen molar-refractivity contribution in [2.45, 2.75) is 24.9 Å². The van der Waals surface area contributed by atoms with E-state index >= 15 is 0 Å². The third-order valence-corrected chi connectivity index (χ3v) is 3.24. The van der Waals surface area contributed by atoms with E-state index in [4.69, 9.17) is 23.7 Å².